The van der Waals surface area contributed by atoms with E-state index in [1.165, 1.54) is 0 Å². The SMILES string of the molecule is C/C=C(\C1=C(C)OC(N)=C(C#N)C1c1ccc(-n2ccnc2C)cc1)c1ccc(OC)cc1.CC. The number of rotatable bonds is 5. The molecule has 0 radical (unpaired) electrons. The third-order valence-electron chi connectivity index (χ3n) is 5.92. The van der Waals surface area contributed by atoms with Crippen molar-refractivity contribution >= 4 is 5.57 Å². The van der Waals surface area contributed by atoms with Gasteiger partial charge in [-0.1, -0.05) is 44.2 Å². The first-order chi connectivity index (χ1) is 17.0. The minimum atomic E-state index is -0.352. The summed E-state index contributed by atoms with van der Waals surface area (Å²) in [6.45, 7) is 9.83. The summed E-state index contributed by atoms with van der Waals surface area (Å²) >= 11 is 0. The highest BCUT2D eigenvalue weighted by atomic mass is 16.5. The number of nitriles is 1. The van der Waals surface area contributed by atoms with Gasteiger partial charge < -0.3 is 19.8 Å². The molecule has 3 aromatic rings. The Kier molecular flexibility index (Phi) is 8.17. The summed E-state index contributed by atoms with van der Waals surface area (Å²) in [5.41, 5.74) is 11.4. The number of methoxy groups -OCH3 is 1. The lowest BCUT2D eigenvalue weighted by molar-refractivity contribution is 0.283. The molecule has 0 amide bonds. The highest BCUT2D eigenvalue weighted by Gasteiger charge is 2.33. The first kappa shape index (κ1) is 25.4. The van der Waals surface area contributed by atoms with Gasteiger partial charge in [-0.3, -0.25) is 0 Å². The monoisotopic (exact) mass is 468 g/mol. The molecule has 2 heterocycles. The highest BCUT2D eigenvalue weighted by molar-refractivity contribution is 5.83. The summed E-state index contributed by atoms with van der Waals surface area (Å²) in [4.78, 5) is 4.30. The van der Waals surface area contributed by atoms with E-state index in [9.17, 15) is 5.26 Å². The number of nitrogens with zero attached hydrogens (tertiary/aromatic N) is 3. The average molecular weight is 469 g/mol. The van der Waals surface area contributed by atoms with E-state index in [-0.39, 0.29) is 11.8 Å². The quantitative estimate of drug-likeness (QED) is 0.468. The van der Waals surface area contributed by atoms with Crippen LogP contribution in [0.1, 0.15) is 50.6 Å². The number of imidazole rings is 1. The van der Waals surface area contributed by atoms with Gasteiger partial charge in [-0.15, -0.1) is 0 Å². The van der Waals surface area contributed by atoms with Gasteiger partial charge in [0.1, 0.15) is 29.0 Å². The maximum absolute atomic E-state index is 9.99. The van der Waals surface area contributed by atoms with Gasteiger partial charge in [-0.05, 0) is 61.7 Å². The van der Waals surface area contributed by atoms with Gasteiger partial charge in [0.2, 0.25) is 5.88 Å². The van der Waals surface area contributed by atoms with Crippen molar-refractivity contribution in [2.75, 3.05) is 7.11 Å². The molecule has 1 aromatic heterocycles. The van der Waals surface area contributed by atoms with Crippen LogP contribution in [-0.2, 0) is 4.74 Å². The van der Waals surface area contributed by atoms with Crippen LogP contribution in [0.25, 0.3) is 11.3 Å². The second kappa shape index (κ2) is 11.3. The third-order valence-corrected chi connectivity index (χ3v) is 5.92. The van der Waals surface area contributed by atoms with Gasteiger partial charge in [0.25, 0.3) is 0 Å². The Hall–Kier alpha value is -4.24. The number of ether oxygens (including phenoxy) is 2. The van der Waals surface area contributed by atoms with Gasteiger partial charge in [-0.25, -0.2) is 4.98 Å². The summed E-state index contributed by atoms with van der Waals surface area (Å²) in [6.07, 6.45) is 5.74. The molecule has 180 valence electrons. The van der Waals surface area contributed by atoms with Gasteiger partial charge in [0.05, 0.1) is 13.0 Å². The Morgan fingerprint density at radius 3 is 2.29 bits per heavy atom. The molecule has 1 unspecified atom stereocenters. The predicted octanol–water partition coefficient (Wildman–Crippen LogP) is 6.40. The number of hydrogen-bond donors (Lipinski definition) is 1. The van der Waals surface area contributed by atoms with Crippen LogP contribution in [-0.4, -0.2) is 16.7 Å². The molecule has 1 aliphatic heterocycles. The number of aromatic nitrogens is 2. The van der Waals surface area contributed by atoms with Gasteiger partial charge in [-0.2, -0.15) is 5.26 Å². The molecule has 6 nitrogen and oxygen atoms in total. The van der Waals surface area contributed by atoms with Crippen LogP contribution < -0.4 is 10.5 Å². The number of hydrogen-bond acceptors (Lipinski definition) is 5. The van der Waals surface area contributed by atoms with Gasteiger partial charge in [0.15, 0.2) is 0 Å². The van der Waals surface area contributed by atoms with Crippen LogP contribution in [0.2, 0.25) is 0 Å². The van der Waals surface area contributed by atoms with Crippen molar-refractivity contribution < 1.29 is 9.47 Å². The summed E-state index contributed by atoms with van der Waals surface area (Å²) < 4.78 is 13.2. The van der Waals surface area contributed by atoms with Crippen LogP contribution in [0.3, 0.4) is 0 Å². The van der Waals surface area contributed by atoms with E-state index < -0.39 is 0 Å². The van der Waals surface area contributed by atoms with Crippen molar-refractivity contribution in [1.82, 2.24) is 9.55 Å². The zero-order valence-electron chi connectivity index (χ0n) is 21.2. The Bertz CT molecular complexity index is 1300. The molecule has 6 heteroatoms. The van der Waals surface area contributed by atoms with Crippen molar-refractivity contribution in [1.29, 1.82) is 5.26 Å². The summed E-state index contributed by atoms with van der Waals surface area (Å²) in [6, 6.07) is 18.3. The second-order valence-corrected chi connectivity index (χ2v) is 7.76. The Morgan fingerprint density at radius 2 is 1.77 bits per heavy atom. The van der Waals surface area contributed by atoms with Crippen LogP contribution >= 0.6 is 0 Å². The van der Waals surface area contributed by atoms with Crippen molar-refractivity contribution in [3.8, 4) is 17.5 Å². The fourth-order valence-electron chi connectivity index (χ4n) is 4.29. The fraction of sp³-hybridized carbons (Fsp3) is 0.241. The molecule has 2 aromatic carbocycles. The van der Waals surface area contributed by atoms with E-state index >= 15 is 0 Å². The number of aryl methyl sites for hydroxylation is 1. The van der Waals surface area contributed by atoms with Crippen molar-refractivity contribution in [3.63, 3.8) is 0 Å². The molecule has 0 bridgehead atoms. The van der Waals surface area contributed by atoms with E-state index in [1.807, 2.05) is 100.0 Å². The molecule has 0 aliphatic carbocycles. The van der Waals surface area contributed by atoms with Crippen LogP contribution in [0.5, 0.6) is 5.75 Å². The lowest BCUT2D eigenvalue weighted by atomic mass is 9.78. The van der Waals surface area contributed by atoms with E-state index in [2.05, 4.69) is 11.1 Å². The fourth-order valence-corrected chi connectivity index (χ4v) is 4.29. The van der Waals surface area contributed by atoms with E-state index in [4.69, 9.17) is 15.2 Å². The van der Waals surface area contributed by atoms with E-state index in [1.54, 1.807) is 13.3 Å². The minimum Gasteiger partial charge on any atom is -0.497 e. The summed E-state index contributed by atoms with van der Waals surface area (Å²) in [5.74, 6) is 2.15. The second-order valence-electron chi connectivity index (χ2n) is 7.76. The summed E-state index contributed by atoms with van der Waals surface area (Å²) in [7, 11) is 1.64. The molecular formula is C29H32N4O2. The third kappa shape index (κ3) is 4.99. The summed E-state index contributed by atoms with van der Waals surface area (Å²) in [5, 5.41) is 9.99. The predicted molar refractivity (Wildman–Crippen MR) is 140 cm³/mol. The van der Waals surface area contributed by atoms with Crippen molar-refractivity contribution in [3.05, 3.63) is 107 Å². The standard InChI is InChI=1S/C27H26N4O2.C2H6/c1-5-23(19-8-12-22(32-4)13-9-19)25-17(2)33-27(29)24(16-28)26(25)20-6-10-21(11-7-20)31-15-14-30-18(31)3;1-2/h5-15,26H,29H2,1-4H3;1-2H3/b23-5-;. The molecular weight excluding hydrogens is 436 g/mol. The Labute approximate surface area is 207 Å². The molecule has 0 saturated heterocycles. The average Bonchev–Trinajstić information content (AvgIpc) is 3.32. The number of nitrogens with two attached hydrogens (primary N) is 1. The first-order valence-corrected chi connectivity index (χ1v) is 11.7. The molecule has 35 heavy (non-hydrogen) atoms. The van der Waals surface area contributed by atoms with Crippen molar-refractivity contribution in [2.45, 2.75) is 40.5 Å². The van der Waals surface area contributed by atoms with Gasteiger partial charge >= 0.3 is 0 Å². The minimum absolute atomic E-state index is 0.142. The van der Waals surface area contributed by atoms with Crippen molar-refractivity contribution in [2.24, 2.45) is 5.73 Å². The molecule has 0 fully saturated rings. The lowest BCUT2D eigenvalue weighted by Gasteiger charge is -2.30. The first-order valence-electron chi connectivity index (χ1n) is 11.7. The number of benzene rings is 2. The molecule has 0 spiro atoms. The van der Waals surface area contributed by atoms with Crippen LogP contribution in [0.15, 0.2) is 89.8 Å². The molecule has 0 saturated carbocycles. The Balaban J connectivity index is 0.00000167. The molecule has 1 aliphatic rings. The highest BCUT2D eigenvalue weighted by Crippen LogP contribution is 2.45. The molecule has 1 atom stereocenters. The normalized spacial score (nSPS) is 15.7. The zero-order valence-corrected chi connectivity index (χ0v) is 21.2. The molecule has 4 rings (SSSR count). The smallest absolute Gasteiger partial charge is 0.205 e. The maximum atomic E-state index is 9.99. The maximum Gasteiger partial charge on any atom is 0.205 e. The van der Waals surface area contributed by atoms with E-state index in [0.717, 1.165) is 39.5 Å². The number of allylic oxidation sites excluding steroid dienone is 5. The van der Waals surface area contributed by atoms with Crippen LogP contribution in [0.4, 0.5) is 0 Å². The zero-order chi connectivity index (χ0) is 25.5. The Morgan fingerprint density at radius 1 is 1.11 bits per heavy atom. The topological polar surface area (TPSA) is 86.1 Å². The van der Waals surface area contributed by atoms with E-state index in [0.29, 0.717) is 11.3 Å². The molecule has 2 N–H and O–H groups in total. The largest absolute Gasteiger partial charge is 0.497 e. The lowest BCUT2D eigenvalue weighted by Crippen LogP contribution is -2.21. The van der Waals surface area contributed by atoms with Crippen LogP contribution in [0, 0.1) is 18.3 Å². The van der Waals surface area contributed by atoms with Gasteiger partial charge in [0, 0.05) is 23.7 Å².